The number of nitrogens with one attached hydrogen (secondary N) is 2. The summed E-state index contributed by atoms with van der Waals surface area (Å²) in [5.74, 6) is -0.259. The minimum atomic E-state index is -0.378. The number of aromatic nitrogens is 2. The van der Waals surface area contributed by atoms with Crippen LogP contribution in [0.5, 0.6) is 0 Å². The molecule has 0 aliphatic heterocycles. The zero-order valence-electron chi connectivity index (χ0n) is 16.5. The Labute approximate surface area is 176 Å². The average Bonchev–Trinajstić information content (AvgIpc) is 2.70. The molecule has 2 aromatic carbocycles. The molecule has 3 rings (SSSR count). The van der Waals surface area contributed by atoms with Crippen molar-refractivity contribution in [2.75, 3.05) is 5.32 Å². The van der Waals surface area contributed by atoms with Crippen LogP contribution < -0.4 is 10.9 Å². The first-order chi connectivity index (χ1) is 14.3. The molecule has 6 nitrogen and oxygen atoms in total. The van der Waals surface area contributed by atoms with Crippen molar-refractivity contribution < 1.29 is 14.0 Å². The monoisotopic (exact) mass is 425 g/mol. The second kappa shape index (κ2) is 9.49. The Balaban J connectivity index is 1.67. The standard InChI is InChI=1S/C22H20FN3O3S/c1-13-19(11-20(28)25-18-5-3-4-16(10-18)14(2)27)21(29)26-22(24-13)30-12-15-6-8-17(23)9-7-15/h3-10H,11-12H2,1-2H3,(H,25,28)(H,24,26,29). The van der Waals surface area contributed by atoms with Gasteiger partial charge in [-0.3, -0.25) is 14.4 Å². The number of anilines is 1. The van der Waals surface area contributed by atoms with Gasteiger partial charge in [0.25, 0.3) is 5.56 Å². The van der Waals surface area contributed by atoms with Crippen molar-refractivity contribution in [3.05, 3.63) is 87.1 Å². The normalized spacial score (nSPS) is 10.6. The Bertz CT molecular complexity index is 1140. The van der Waals surface area contributed by atoms with E-state index in [1.54, 1.807) is 43.3 Å². The first-order valence-electron chi connectivity index (χ1n) is 9.19. The number of benzene rings is 2. The molecule has 2 N–H and O–H groups in total. The molecule has 0 saturated heterocycles. The van der Waals surface area contributed by atoms with Crippen molar-refractivity contribution in [2.24, 2.45) is 0 Å². The molecular weight excluding hydrogens is 405 g/mol. The number of Topliss-reactive ketones (excluding diaryl/α,β-unsaturated/α-hetero) is 1. The van der Waals surface area contributed by atoms with Crippen LogP contribution in [0, 0.1) is 12.7 Å². The van der Waals surface area contributed by atoms with Crippen molar-refractivity contribution in [2.45, 2.75) is 31.2 Å². The zero-order chi connectivity index (χ0) is 21.7. The minimum Gasteiger partial charge on any atom is -0.326 e. The smallest absolute Gasteiger partial charge is 0.255 e. The molecule has 0 radical (unpaired) electrons. The fraction of sp³-hybridized carbons (Fsp3) is 0.182. The van der Waals surface area contributed by atoms with E-state index in [-0.39, 0.29) is 35.1 Å². The van der Waals surface area contributed by atoms with E-state index in [1.165, 1.54) is 30.8 Å². The van der Waals surface area contributed by atoms with E-state index in [4.69, 9.17) is 0 Å². The Morgan fingerprint density at radius 3 is 2.57 bits per heavy atom. The average molecular weight is 425 g/mol. The molecular formula is C22H20FN3O3S. The number of carbonyl (C=O) groups excluding carboxylic acids is 2. The van der Waals surface area contributed by atoms with Crippen molar-refractivity contribution >= 4 is 29.1 Å². The molecule has 30 heavy (non-hydrogen) atoms. The van der Waals surface area contributed by atoms with Gasteiger partial charge in [0.05, 0.1) is 6.42 Å². The summed E-state index contributed by atoms with van der Waals surface area (Å²) < 4.78 is 13.0. The SMILES string of the molecule is CC(=O)c1cccc(NC(=O)Cc2c(C)nc(SCc3ccc(F)cc3)[nH]c2=O)c1. The number of hydrogen-bond donors (Lipinski definition) is 2. The van der Waals surface area contributed by atoms with Gasteiger partial charge >= 0.3 is 0 Å². The van der Waals surface area contributed by atoms with E-state index >= 15 is 0 Å². The fourth-order valence-electron chi connectivity index (χ4n) is 2.78. The van der Waals surface area contributed by atoms with Crippen LogP contribution in [0.2, 0.25) is 0 Å². The van der Waals surface area contributed by atoms with Crippen LogP contribution in [0.3, 0.4) is 0 Å². The van der Waals surface area contributed by atoms with E-state index in [9.17, 15) is 18.8 Å². The maximum absolute atomic E-state index is 13.0. The van der Waals surface area contributed by atoms with Gasteiger partial charge in [-0.1, -0.05) is 36.0 Å². The van der Waals surface area contributed by atoms with E-state index in [1.807, 2.05) is 0 Å². The number of aryl methyl sites for hydroxylation is 1. The summed E-state index contributed by atoms with van der Waals surface area (Å²) in [6, 6.07) is 12.7. The second-order valence-corrected chi connectivity index (χ2v) is 7.68. The Hall–Kier alpha value is -3.26. The van der Waals surface area contributed by atoms with E-state index in [0.29, 0.717) is 27.9 Å². The third kappa shape index (κ3) is 5.64. The number of aromatic amines is 1. The molecule has 8 heteroatoms. The topological polar surface area (TPSA) is 91.9 Å². The Kier molecular flexibility index (Phi) is 6.79. The van der Waals surface area contributed by atoms with Gasteiger partial charge in [-0.25, -0.2) is 9.37 Å². The highest BCUT2D eigenvalue weighted by atomic mass is 32.2. The molecule has 3 aromatic rings. The molecule has 1 heterocycles. The highest BCUT2D eigenvalue weighted by Gasteiger charge is 2.14. The maximum atomic E-state index is 13.0. The molecule has 0 aliphatic rings. The van der Waals surface area contributed by atoms with Crippen molar-refractivity contribution in [3.63, 3.8) is 0 Å². The van der Waals surface area contributed by atoms with Crippen LogP contribution >= 0.6 is 11.8 Å². The second-order valence-electron chi connectivity index (χ2n) is 6.71. The third-order valence-corrected chi connectivity index (χ3v) is 5.32. The summed E-state index contributed by atoms with van der Waals surface area (Å²) in [7, 11) is 0. The van der Waals surface area contributed by atoms with Gasteiger partial charge in [0.1, 0.15) is 5.82 Å². The van der Waals surface area contributed by atoms with Gasteiger partial charge in [0.15, 0.2) is 10.9 Å². The molecule has 0 saturated carbocycles. The number of hydrogen-bond acceptors (Lipinski definition) is 5. The summed E-state index contributed by atoms with van der Waals surface area (Å²) in [5, 5.41) is 3.13. The molecule has 0 unspecified atom stereocenters. The van der Waals surface area contributed by atoms with Crippen LogP contribution in [0.15, 0.2) is 58.5 Å². The number of halogens is 1. The van der Waals surface area contributed by atoms with Gasteiger partial charge in [0.2, 0.25) is 5.91 Å². The number of nitrogens with zero attached hydrogens (tertiary/aromatic N) is 1. The summed E-state index contributed by atoms with van der Waals surface area (Å²) in [5.41, 5.74) is 2.25. The quantitative estimate of drug-likeness (QED) is 0.340. The van der Waals surface area contributed by atoms with Crippen molar-refractivity contribution in [3.8, 4) is 0 Å². The third-order valence-electron chi connectivity index (χ3n) is 4.38. The number of H-pyrrole nitrogens is 1. The van der Waals surface area contributed by atoms with Crippen LogP contribution in [0.25, 0.3) is 0 Å². The predicted octanol–water partition coefficient (Wildman–Crippen LogP) is 3.89. The number of ketones is 1. The van der Waals surface area contributed by atoms with Crippen LogP contribution in [-0.4, -0.2) is 21.7 Å². The van der Waals surface area contributed by atoms with Crippen molar-refractivity contribution in [1.82, 2.24) is 9.97 Å². The fourth-order valence-corrected chi connectivity index (χ4v) is 3.64. The number of amides is 1. The Morgan fingerprint density at radius 2 is 1.90 bits per heavy atom. The van der Waals surface area contributed by atoms with Gasteiger partial charge in [0, 0.05) is 28.3 Å². The summed E-state index contributed by atoms with van der Waals surface area (Å²) in [6.07, 6.45) is -0.138. The van der Waals surface area contributed by atoms with Gasteiger partial charge in [-0.2, -0.15) is 0 Å². The minimum absolute atomic E-state index is 0.101. The van der Waals surface area contributed by atoms with Gasteiger partial charge < -0.3 is 10.3 Å². The van der Waals surface area contributed by atoms with Crippen molar-refractivity contribution in [1.29, 1.82) is 0 Å². The van der Waals surface area contributed by atoms with E-state index in [2.05, 4.69) is 15.3 Å². The van der Waals surface area contributed by atoms with Crippen LogP contribution in [0.1, 0.15) is 34.1 Å². The zero-order valence-corrected chi connectivity index (χ0v) is 17.3. The lowest BCUT2D eigenvalue weighted by Crippen LogP contribution is -2.23. The molecule has 0 bridgehead atoms. The summed E-state index contributed by atoms with van der Waals surface area (Å²) in [6.45, 7) is 3.13. The molecule has 1 aromatic heterocycles. The van der Waals surface area contributed by atoms with E-state index < -0.39 is 0 Å². The van der Waals surface area contributed by atoms with Crippen LogP contribution in [-0.2, 0) is 17.0 Å². The summed E-state index contributed by atoms with van der Waals surface area (Å²) >= 11 is 1.32. The lowest BCUT2D eigenvalue weighted by Gasteiger charge is -2.09. The maximum Gasteiger partial charge on any atom is 0.255 e. The molecule has 0 atom stereocenters. The molecule has 1 amide bonds. The van der Waals surface area contributed by atoms with E-state index in [0.717, 1.165) is 5.56 Å². The first-order valence-corrected chi connectivity index (χ1v) is 10.2. The lowest BCUT2D eigenvalue weighted by molar-refractivity contribution is -0.115. The first kappa shape index (κ1) is 21.4. The molecule has 0 fully saturated rings. The molecule has 0 spiro atoms. The highest BCUT2D eigenvalue weighted by Crippen LogP contribution is 2.19. The lowest BCUT2D eigenvalue weighted by atomic mass is 10.1. The number of carbonyl (C=O) groups is 2. The summed E-state index contributed by atoms with van der Waals surface area (Å²) in [4.78, 5) is 43.4. The highest BCUT2D eigenvalue weighted by molar-refractivity contribution is 7.98. The Morgan fingerprint density at radius 1 is 1.17 bits per heavy atom. The predicted molar refractivity (Wildman–Crippen MR) is 114 cm³/mol. The molecule has 0 aliphatic carbocycles. The largest absolute Gasteiger partial charge is 0.326 e. The number of thioether (sulfide) groups is 1. The molecule has 154 valence electrons. The van der Waals surface area contributed by atoms with Gasteiger partial charge in [-0.15, -0.1) is 0 Å². The number of rotatable bonds is 7. The van der Waals surface area contributed by atoms with Crippen LogP contribution in [0.4, 0.5) is 10.1 Å². The van der Waals surface area contributed by atoms with Gasteiger partial charge in [-0.05, 0) is 43.7 Å².